The zero-order valence-corrected chi connectivity index (χ0v) is 14.9. The molecule has 5 rings (SSSR count). The maximum absolute atomic E-state index is 12.6. The molecule has 5 aromatic rings. The molecule has 2 heterocycles. The maximum Gasteiger partial charge on any atom is 0.277 e. The summed E-state index contributed by atoms with van der Waals surface area (Å²) in [6.07, 6.45) is 1.77. The molecule has 0 N–H and O–H groups in total. The number of fused-ring (bicyclic) bond motifs is 2. The quantitative estimate of drug-likeness (QED) is 0.490. The van der Waals surface area contributed by atoms with Crippen LogP contribution in [0.1, 0.15) is 5.56 Å². The Hall–Kier alpha value is -3.93. The lowest BCUT2D eigenvalue weighted by atomic mass is 10.1. The van der Waals surface area contributed by atoms with Gasteiger partial charge >= 0.3 is 0 Å². The fourth-order valence-electron chi connectivity index (χ4n) is 3.18. The molecule has 0 bridgehead atoms. The lowest BCUT2D eigenvalue weighted by Gasteiger charge is -2.07. The molecule has 6 heteroatoms. The summed E-state index contributed by atoms with van der Waals surface area (Å²) in [4.78, 5) is 21.7. The topological polar surface area (TPSA) is 73.6 Å². The van der Waals surface area contributed by atoms with Gasteiger partial charge in [0.05, 0.1) is 34.9 Å². The highest BCUT2D eigenvalue weighted by Crippen LogP contribution is 2.20. The van der Waals surface area contributed by atoms with Gasteiger partial charge in [0.2, 0.25) is 0 Å². The Morgan fingerprint density at radius 2 is 1.50 bits per heavy atom. The van der Waals surface area contributed by atoms with Crippen LogP contribution in [0.25, 0.3) is 33.2 Å². The number of aromatic nitrogens is 5. The van der Waals surface area contributed by atoms with Crippen molar-refractivity contribution in [1.29, 1.82) is 0 Å². The van der Waals surface area contributed by atoms with Crippen molar-refractivity contribution in [3.8, 4) is 11.3 Å². The molecule has 0 radical (unpaired) electrons. The molecule has 0 amide bonds. The second-order valence-electron chi connectivity index (χ2n) is 6.51. The number of rotatable bonds is 3. The van der Waals surface area contributed by atoms with Crippen molar-refractivity contribution in [2.75, 3.05) is 0 Å². The second kappa shape index (κ2) is 6.66. The molecule has 0 fully saturated rings. The van der Waals surface area contributed by atoms with Gasteiger partial charge in [-0.25, -0.2) is 9.67 Å². The minimum atomic E-state index is -0.143. The average Bonchev–Trinajstić information content (AvgIpc) is 2.76. The Bertz CT molecular complexity index is 1360. The van der Waals surface area contributed by atoms with Crippen LogP contribution in [-0.4, -0.2) is 25.0 Å². The summed E-state index contributed by atoms with van der Waals surface area (Å²) in [5.74, 6) is 0. The average molecular weight is 365 g/mol. The lowest BCUT2D eigenvalue weighted by molar-refractivity contribution is 0.601. The summed E-state index contributed by atoms with van der Waals surface area (Å²) in [6, 6.07) is 22.9. The Kier molecular flexibility index (Phi) is 3.87. The summed E-state index contributed by atoms with van der Waals surface area (Å²) in [7, 11) is 0. The van der Waals surface area contributed by atoms with Gasteiger partial charge in [-0.05, 0) is 29.8 Å². The van der Waals surface area contributed by atoms with Crippen LogP contribution in [0.3, 0.4) is 0 Å². The summed E-state index contributed by atoms with van der Waals surface area (Å²) in [5.41, 5.74) is 4.94. The molecule has 6 nitrogen and oxygen atoms in total. The van der Waals surface area contributed by atoms with Gasteiger partial charge in [0.25, 0.3) is 5.56 Å². The highest BCUT2D eigenvalue weighted by atomic mass is 16.1. The van der Waals surface area contributed by atoms with Gasteiger partial charge in [-0.15, -0.1) is 5.10 Å². The largest absolute Gasteiger partial charge is 0.277 e. The lowest BCUT2D eigenvalue weighted by Crippen LogP contribution is -2.24. The van der Waals surface area contributed by atoms with Crippen molar-refractivity contribution in [2.45, 2.75) is 6.54 Å². The predicted octanol–water partition coefficient (Wildman–Crippen LogP) is 3.45. The summed E-state index contributed by atoms with van der Waals surface area (Å²) in [6.45, 7) is 0.361. The van der Waals surface area contributed by atoms with E-state index in [-0.39, 0.29) is 5.56 Å². The van der Waals surface area contributed by atoms with Crippen LogP contribution in [0.5, 0.6) is 0 Å². The van der Waals surface area contributed by atoms with Crippen molar-refractivity contribution in [2.24, 2.45) is 0 Å². The number of hydrogen-bond acceptors (Lipinski definition) is 5. The van der Waals surface area contributed by atoms with E-state index in [1.807, 2.05) is 60.7 Å². The van der Waals surface area contributed by atoms with Gasteiger partial charge in [0.1, 0.15) is 5.52 Å². The molecule has 0 aliphatic rings. The third kappa shape index (κ3) is 2.91. The van der Waals surface area contributed by atoms with Crippen molar-refractivity contribution in [3.05, 3.63) is 94.9 Å². The fraction of sp³-hybridized carbons (Fsp3) is 0.0455. The van der Waals surface area contributed by atoms with Gasteiger partial charge < -0.3 is 0 Å². The Morgan fingerprint density at radius 3 is 2.32 bits per heavy atom. The molecule has 0 atom stereocenters. The Balaban J connectivity index is 1.45. The number of nitrogens with zero attached hydrogens (tertiary/aromatic N) is 5. The maximum atomic E-state index is 12.6. The smallest absolute Gasteiger partial charge is 0.267 e. The third-order valence-corrected chi connectivity index (χ3v) is 4.66. The fourth-order valence-corrected chi connectivity index (χ4v) is 3.18. The first-order valence-electron chi connectivity index (χ1n) is 8.91. The van der Waals surface area contributed by atoms with Crippen molar-refractivity contribution < 1.29 is 0 Å². The standard InChI is InChI=1S/C22H15N5O/c28-22-17-5-1-2-6-18(17)25-26-27(22)14-15-9-11-16(12-10-15)21-13-23-19-7-3-4-8-20(19)24-21/h1-13H,14H2. The molecular formula is C22H15N5O. The number of para-hydroxylation sites is 2. The predicted molar refractivity (Wildman–Crippen MR) is 108 cm³/mol. The van der Waals surface area contributed by atoms with Gasteiger partial charge in [-0.2, -0.15) is 0 Å². The third-order valence-electron chi connectivity index (χ3n) is 4.66. The summed E-state index contributed by atoms with van der Waals surface area (Å²) >= 11 is 0. The SMILES string of the molecule is O=c1c2ccccc2nnn1Cc1ccc(-c2cnc3ccccc3n2)cc1. The van der Waals surface area contributed by atoms with Crippen LogP contribution in [-0.2, 0) is 6.54 Å². The van der Waals surface area contributed by atoms with E-state index in [0.717, 1.165) is 27.9 Å². The van der Waals surface area contributed by atoms with E-state index in [2.05, 4.69) is 20.3 Å². The molecular weight excluding hydrogens is 350 g/mol. The highest BCUT2D eigenvalue weighted by Gasteiger charge is 2.07. The van der Waals surface area contributed by atoms with Gasteiger partial charge in [0.15, 0.2) is 0 Å². The molecule has 3 aromatic carbocycles. The minimum Gasteiger partial charge on any atom is -0.267 e. The number of hydrogen-bond donors (Lipinski definition) is 0. The molecule has 0 saturated carbocycles. The normalized spacial score (nSPS) is 11.1. The molecule has 0 aliphatic carbocycles. The van der Waals surface area contributed by atoms with E-state index in [0.29, 0.717) is 17.4 Å². The first-order valence-corrected chi connectivity index (χ1v) is 8.91. The van der Waals surface area contributed by atoms with Crippen LogP contribution in [0.2, 0.25) is 0 Å². The van der Waals surface area contributed by atoms with Crippen LogP contribution in [0, 0.1) is 0 Å². The second-order valence-corrected chi connectivity index (χ2v) is 6.51. The van der Waals surface area contributed by atoms with Crippen molar-refractivity contribution in [1.82, 2.24) is 25.0 Å². The molecule has 0 unspecified atom stereocenters. The Labute approximate surface area is 160 Å². The van der Waals surface area contributed by atoms with E-state index in [1.165, 1.54) is 4.68 Å². The van der Waals surface area contributed by atoms with E-state index in [4.69, 9.17) is 0 Å². The van der Waals surface area contributed by atoms with Crippen LogP contribution in [0.4, 0.5) is 0 Å². The molecule has 0 saturated heterocycles. The van der Waals surface area contributed by atoms with Gasteiger partial charge in [-0.3, -0.25) is 9.78 Å². The number of benzene rings is 3. The molecule has 134 valence electrons. The monoisotopic (exact) mass is 365 g/mol. The highest BCUT2D eigenvalue weighted by molar-refractivity contribution is 5.77. The first kappa shape index (κ1) is 16.3. The van der Waals surface area contributed by atoms with Crippen molar-refractivity contribution >= 4 is 21.9 Å². The van der Waals surface area contributed by atoms with Gasteiger partial charge in [-0.1, -0.05) is 53.7 Å². The minimum absolute atomic E-state index is 0.143. The molecule has 2 aromatic heterocycles. The molecule has 0 aliphatic heterocycles. The first-order chi connectivity index (χ1) is 13.8. The Morgan fingerprint density at radius 1 is 0.786 bits per heavy atom. The zero-order chi connectivity index (χ0) is 18.9. The van der Waals surface area contributed by atoms with E-state index in [9.17, 15) is 4.79 Å². The zero-order valence-electron chi connectivity index (χ0n) is 14.9. The molecule has 28 heavy (non-hydrogen) atoms. The van der Waals surface area contributed by atoms with Crippen LogP contribution in [0.15, 0.2) is 83.8 Å². The van der Waals surface area contributed by atoms with Crippen LogP contribution >= 0.6 is 0 Å². The van der Waals surface area contributed by atoms with Gasteiger partial charge in [0, 0.05) is 5.56 Å². The summed E-state index contributed by atoms with van der Waals surface area (Å²) < 4.78 is 1.38. The van der Waals surface area contributed by atoms with E-state index >= 15 is 0 Å². The van der Waals surface area contributed by atoms with Crippen molar-refractivity contribution in [3.63, 3.8) is 0 Å². The molecule has 0 spiro atoms. The van der Waals surface area contributed by atoms with Crippen LogP contribution < -0.4 is 5.56 Å². The van der Waals surface area contributed by atoms with E-state index in [1.54, 1.807) is 18.3 Å². The van der Waals surface area contributed by atoms with E-state index < -0.39 is 0 Å². The summed E-state index contributed by atoms with van der Waals surface area (Å²) in [5, 5.41) is 8.75.